The molecule has 2 aliphatic rings. The average Bonchev–Trinajstić information content (AvgIpc) is 2.73. The highest BCUT2D eigenvalue weighted by molar-refractivity contribution is 5.01. The summed E-state index contributed by atoms with van der Waals surface area (Å²) in [5.41, 5.74) is 0.479. The van der Waals surface area contributed by atoms with E-state index in [1.807, 2.05) is 0 Å². The zero-order chi connectivity index (χ0) is 11.8. The second-order valence-electron chi connectivity index (χ2n) is 6.52. The molecule has 0 spiro atoms. The molecule has 2 rings (SSSR count). The van der Waals surface area contributed by atoms with Gasteiger partial charge in [0.25, 0.3) is 0 Å². The maximum absolute atomic E-state index is 3.73. The first-order chi connectivity index (χ1) is 7.54. The number of rotatable bonds is 3. The van der Waals surface area contributed by atoms with Crippen LogP contribution < -0.4 is 5.32 Å². The fraction of sp³-hybridized carbons (Fsp3) is 1.00. The standard InChI is InChI=1S/C14H28N2/c1-5-15-13-12(6-8-14(13,3)4)16-9-7-11(2)10-16/h11-13,15H,5-10H2,1-4H3. The van der Waals surface area contributed by atoms with E-state index < -0.39 is 0 Å². The summed E-state index contributed by atoms with van der Waals surface area (Å²) in [5, 5.41) is 3.73. The Labute approximate surface area is 101 Å². The fourth-order valence-corrected chi connectivity index (χ4v) is 3.66. The molecule has 3 unspecified atom stereocenters. The third-order valence-electron chi connectivity index (χ3n) is 4.66. The molecule has 1 saturated carbocycles. The Bertz CT molecular complexity index is 237. The van der Waals surface area contributed by atoms with E-state index in [0.717, 1.165) is 18.5 Å². The number of hydrogen-bond acceptors (Lipinski definition) is 2. The lowest BCUT2D eigenvalue weighted by Gasteiger charge is -2.36. The monoisotopic (exact) mass is 224 g/mol. The lowest BCUT2D eigenvalue weighted by atomic mass is 9.86. The van der Waals surface area contributed by atoms with Crippen LogP contribution in [0.2, 0.25) is 0 Å². The van der Waals surface area contributed by atoms with Gasteiger partial charge >= 0.3 is 0 Å². The summed E-state index contributed by atoms with van der Waals surface area (Å²) in [4.78, 5) is 2.74. The van der Waals surface area contributed by atoms with Gasteiger partial charge in [-0.15, -0.1) is 0 Å². The molecule has 0 aromatic rings. The molecule has 94 valence electrons. The van der Waals surface area contributed by atoms with Crippen LogP contribution >= 0.6 is 0 Å². The van der Waals surface area contributed by atoms with Crippen molar-refractivity contribution < 1.29 is 0 Å². The van der Waals surface area contributed by atoms with E-state index in [2.05, 4.69) is 37.9 Å². The smallest absolute Gasteiger partial charge is 0.0274 e. The molecular formula is C14H28N2. The van der Waals surface area contributed by atoms with E-state index in [-0.39, 0.29) is 0 Å². The van der Waals surface area contributed by atoms with Gasteiger partial charge in [0.15, 0.2) is 0 Å². The Kier molecular flexibility index (Phi) is 3.60. The first kappa shape index (κ1) is 12.4. The molecular weight excluding hydrogens is 196 g/mol. The summed E-state index contributed by atoms with van der Waals surface area (Å²) in [6.07, 6.45) is 4.16. The summed E-state index contributed by atoms with van der Waals surface area (Å²) in [5.74, 6) is 0.908. The van der Waals surface area contributed by atoms with Gasteiger partial charge < -0.3 is 5.32 Å². The lowest BCUT2D eigenvalue weighted by molar-refractivity contribution is 0.168. The maximum atomic E-state index is 3.73. The van der Waals surface area contributed by atoms with Crippen LogP contribution in [0.3, 0.4) is 0 Å². The minimum Gasteiger partial charge on any atom is -0.312 e. The van der Waals surface area contributed by atoms with Crippen molar-refractivity contribution >= 4 is 0 Å². The highest BCUT2D eigenvalue weighted by atomic mass is 15.2. The van der Waals surface area contributed by atoms with Crippen molar-refractivity contribution in [2.45, 2.75) is 59.0 Å². The normalized spacial score (nSPS) is 39.4. The minimum absolute atomic E-state index is 0.479. The SMILES string of the molecule is CCNC1C(N2CCC(C)C2)CCC1(C)C. The fourth-order valence-electron chi connectivity index (χ4n) is 3.66. The molecule has 3 atom stereocenters. The molecule has 2 fully saturated rings. The largest absolute Gasteiger partial charge is 0.312 e. The van der Waals surface area contributed by atoms with Crippen molar-refractivity contribution in [2.75, 3.05) is 19.6 Å². The molecule has 16 heavy (non-hydrogen) atoms. The number of nitrogens with zero attached hydrogens (tertiary/aromatic N) is 1. The Hall–Kier alpha value is -0.0800. The van der Waals surface area contributed by atoms with E-state index in [1.165, 1.54) is 32.4 Å². The van der Waals surface area contributed by atoms with Gasteiger partial charge in [-0.2, -0.15) is 0 Å². The number of likely N-dealkylation sites (tertiary alicyclic amines) is 1. The van der Waals surface area contributed by atoms with Gasteiger partial charge in [0, 0.05) is 18.6 Å². The molecule has 1 saturated heterocycles. The van der Waals surface area contributed by atoms with Gasteiger partial charge in [0.05, 0.1) is 0 Å². The second-order valence-corrected chi connectivity index (χ2v) is 6.52. The molecule has 0 aromatic carbocycles. The molecule has 1 N–H and O–H groups in total. The third kappa shape index (κ3) is 2.28. The van der Waals surface area contributed by atoms with Crippen molar-refractivity contribution in [3.8, 4) is 0 Å². The molecule has 0 bridgehead atoms. The number of nitrogens with one attached hydrogen (secondary N) is 1. The molecule has 2 nitrogen and oxygen atoms in total. The maximum Gasteiger partial charge on any atom is 0.0274 e. The highest BCUT2D eigenvalue weighted by Gasteiger charge is 2.44. The van der Waals surface area contributed by atoms with Crippen LogP contribution in [0, 0.1) is 11.3 Å². The summed E-state index contributed by atoms with van der Waals surface area (Å²) in [6.45, 7) is 13.2. The highest BCUT2D eigenvalue weighted by Crippen LogP contribution is 2.41. The van der Waals surface area contributed by atoms with Crippen molar-refractivity contribution in [3.05, 3.63) is 0 Å². The molecule has 0 aromatic heterocycles. The van der Waals surface area contributed by atoms with Crippen molar-refractivity contribution in [1.82, 2.24) is 10.2 Å². The summed E-state index contributed by atoms with van der Waals surface area (Å²) < 4.78 is 0. The molecule has 0 radical (unpaired) electrons. The first-order valence-corrected chi connectivity index (χ1v) is 7.02. The second kappa shape index (κ2) is 4.66. The Morgan fingerprint density at radius 1 is 1.31 bits per heavy atom. The quantitative estimate of drug-likeness (QED) is 0.792. The van der Waals surface area contributed by atoms with Crippen molar-refractivity contribution in [3.63, 3.8) is 0 Å². The van der Waals surface area contributed by atoms with Gasteiger partial charge in [-0.25, -0.2) is 0 Å². The van der Waals surface area contributed by atoms with Crippen LogP contribution in [0.25, 0.3) is 0 Å². The van der Waals surface area contributed by atoms with Gasteiger partial charge in [-0.05, 0) is 43.7 Å². The van der Waals surface area contributed by atoms with Crippen LogP contribution in [-0.2, 0) is 0 Å². The summed E-state index contributed by atoms with van der Waals surface area (Å²) >= 11 is 0. The van der Waals surface area contributed by atoms with E-state index >= 15 is 0 Å². The van der Waals surface area contributed by atoms with Crippen LogP contribution in [0.1, 0.15) is 47.0 Å². The minimum atomic E-state index is 0.479. The lowest BCUT2D eigenvalue weighted by Crippen LogP contribution is -2.51. The zero-order valence-electron chi connectivity index (χ0n) is 11.4. The summed E-state index contributed by atoms with van der Waals surface area (Å²) in [7, 11) is 0. The average molecular weight is 224 g/mol. The van der Waals surface area contributed by atoms with E-state index in [0.29, 0.717) is 11.5 Å². The first-order valence-electron chi connectivity index (χ1n) is 7.02. The van der Waals surface area contributed by atoms with Crippen LogP contribution in [0.4, 0.5) is 0 Å². The Balaban J connectivity index is 2.03. The van der Waals surface area contributed by atoms with Gasteiger partial charge in [0.1, 0.15) is 0 Å². The predicted octanol–water partition coefficient (Wildman–Crippen LogP) is 2.49. The molecule has 1 aliphatic heterocycles. The molecule has 2 heteroatoms. The van der Waals surface area contributed by atoms with Crippen LogP contribution in [0.15, 0.2) is 0 Å². The number of hydrogen-bond donors (Lipinski definition) is 1. The van der Waals surface area contributed by atoms with Gasteiger partial charge in [-0.3, -0.25) is 4.90 Å². The number of likely N-dealkylation sites (N-methyl/N-ethyl adjacent to an activating group) is 1. The molecule has 1 heterocycles. The molecule has 0 amide bonds. The van der Waals surface area contributed by atoms with Gasteiger partial charge in [0.2, 0.25) is 0 Å². The molecule has 1 aliphatic carbocycles. The van der Waals surface area contributed by atoms with Crippen LogP contribution in [0.5, 0.6) is 0 Å². The van der Waals surface area contributed by atoms with Gasteiger partial charge in [-0.1, -0.05) is 27.7 Å². The Morgan fingerprint density at radius 3 is 2.62 bits per heavy atom. The Morgan fingerprint density at radius 2 is 2.06 bits per heavy atom. The van der Waals surface area contributed by atoms with E-state index in [4.69, 9.17) is 0 Å². The van der Waals surface area contributed by atoms with Crippen molar-refractivity contribution in [1.29, 1.82) is 0 Å². The third-order valence-corrected chi connectivity index (χ3v) is 4.66. The summed E-state index contributed by atoms with van der Waals surface area (Å²) in [6, 6.07) is 1.49. The topological polar surface area (TPSA) is 15.3 Å². The predicted molar refractivity (Wildman–Crippen MR) is 69.6 cm³/mol. The van der Waals surface area contributed by atoms with Crippen molar-refractivity contribution in [2.24, 2.45) is 11.3 Å². The van der Waals surface area contributed by atoms with Crippen LogP contribution in [-0.4, -0.2) is 36.6 Å². The van der Waals surface area contributed by atoms with E-state index in [1.54, 1.807) is 0 Å². The zero-order valence-corrected chi connectivity index (χ0v) is 11.4. The van der Waals surface area contributed by atoms with E-state index in [9.17, 15) is 0 Å².